The van der Waals surface area contributed by atoms with Crippen LogP contribution in [-0.2, 0) is 20.0 Å². The maximum Gasteiger partial charge on any atom is 0.247 e. The van der Waals surface area contributed by atoms with Crippen molar-refractivity contribution in [1.82, 2.24) is 25.1 Å². The average molecular weight is 543 g/mol. The summed E-state index contributed by atoms with van der Waals surface area (Å²) >= 11 is 0. The Kier molecular flexibility index (Phi) is 6.09. The summed E-state index contributed by atoms with van der Waals surface area (Å²) in [5, 5.41) is 17.6. The van der Waals surface area contributed by atoms with Crippen molar-refractivity contribution in [3.63, 3.8) is 0 Å². The van der Waals surface area contributed by atoms with Crippen LogP contribution in [0.2, 0.25) is 0 Å². The quantitative estimate of drug-likeness (QED) is 0.563. The van der Waals surface area contributed by atoms with Gasteiger partial charge in [0.2, 0.25) is 5.91 Å². The second kappa shape index (κ2) is 8.83. The molecule has 13 heteroatoms. The number of carbonyl (C=O) groups excluding carboxylic acids is 1. The zero-order valence-electron chi connectivity index (χ0n) is 22.1. The van der Waals surface area contributed by atoms with Crippen molar-refractivity contribution in [2.45, 2.75) is 63.3 Å². The molecule has 38 heavy (non-hydrogen) atoms. The van der Waals surface area contributed by atoms with Crippen LogP contribution in [0.3, 0.4) is 0 Å². The van der Waals surface area contributed by atoms with Crippen molar-refractivity contribution >= 4 is 33.2 Å². The predicted octanol–water partition coefficient (Wildman–Crippen LogP) is 1.83. The molecule has 5 rings (SSSR count). The van der Waals surface area contributed by atoms with Crippen molar-refractivity contribution in [1.29, 1.82) is 5.26 Å². The fourth-order valence-corrected chi connectivity index (χ4v) is 7.36. The summed E-state index contributed by atoms with van der Waals surface area (Å²) < 4.78 is 36.8. The van der Waals surface area contributed by atoms with E-state index in [9.17, 15) is 22.9 Å². The number of piperazine rings is 1. The van der Waals surface area contributed by atoms with Gasteiger partial charge in [-0.2, -0.15) is 5.26 Å². The van der Waals surface area contributed by atoms with E-state index in [0.29, 0.717) is 24.7 Å². The minimum Gasteiger partial charge on any atom is -0.350 e. The Labute approximate surface area is 221 Å². The van der Waals surface area contributed by atoms with Gasteiger partial charge in [-0.15, -0.1) is 10.2 Å². The van der Waals surface area contributed by atoms with Crippen LogP contribution in [0.15, 0.2) is 12.4 Å². The van der Waals surface area contributed by atoms with Crippen LogP contribution < -0.4 is 9.80 Å². The molecule has 2 aromatic heterocycles. The van der Waals surface area contributed by atoms with Gasteiger partial charge in [0, 0.05) is 42.7 Å². The van der Waals surface area contributed by atoms with Crippen molar-refractivity contribution in [2.75, 3.05) is 41.9 Å². The minimum absolute atomic E-state index is 0.0210. The number of nitrogens with zero attached hydrogens (tertiary/aromatic N) is 8. The molecule has 3 atom stereocenters. The van der Waals surface area contributed by atoms with Gasteiger partial charge in [0.1, 0.15) is 30.7 Å². The van der Waals surface area contributed by atoms with Gasteiger partial charge in [0.15, 0.2) is 26.1 Å². The predicted molar refractivity (Wildman–Crippen MR) is 139 cm³/mol. The number of sulfone groups is 1. The lowest BCUT2D eigenvalue weighted by Gasteiger charge is -2.49. The number of hydrogen-bond donors (Lipinski definition) is 0. The molecule has 202 valence electrons. The van der Waals surface area contributed by atoms with Gasteiger partial charge in [-0.05, 0) is 38.8 Å². The number of nitriles is 1. The summed E-state index contributed by atoms with van der Waals surface area (Å²) in [5.74, 6) is 1.24. The Morgan fingerprint density at radius 2 is 1.89 bits per heavy atom. The van der Waals surface area contributed by atoms with Crippen molar-refractivity contribution in [2.24, 2.45) is 0 Å². The highest BCUT2D eigenvalue weighted by atomic mass is 32.2. The normalized spacial score (nSPS) is 27.4. The number of rotatable bonds is 4. The highest BCUT2D eigenvalue weighted by molar-refractivity contribution is 7.95. The summed E-state index contributed by atoms with van der Waals surface area (Å²) in [4.78, 5) is 28.2. The molecule has 0 aromatic carbocycles. The first-order valence-electron chi connectivity index (χ1n) is 12.6. The fraction of sp³-hybridized carbons (Fsp3) is 0.600. The molecule has 2 saturated heterocycles. The first-order chi connectivity index (χ1) is 17.9. The molecular formula is C25H31FN8O3S. The van der Waals surface area contributed by atoms with Gasteiger partial charge in [0.25, 0.3) is 0 Å². The van der Waals surface area contributed by atoms with Gasteiger partial charge in [-0.3, -0.25) is 4.79 Å². The summed E-state index contributed by atoms with van der Waals surface area (Å²) in [7, 11) is -3.79. The van der Waals surface area contributed by atoms with E-state index < -0.39 is 27.2 Å². The molecule has 0 radical (unpaired) electrons. The Hall–Kier alpha value is -3.40. The first kappa shape index (κ1) is 26.2. The number of hydrogen-bond acceptors (Lipinski definition) is 10. The van der Waals surface area contributed by atoms with Gasteiger partial charge >= 0.3 is 0 Å². The maximum atomic E-state index is 14.0. The topological polar surface area (TPSA) is 136 Å². The first-order valence-corrected chi connectivity index (χ1v) is 14.3. The van der Waals surface area contributed by atoms with E-state index in [-0.39, 0.29) is 41.9 Å². The number of anilines is 3. The Morgan fingerprint density at radius 3 is 2.47 bits per heavy atom. The van der Waals surface area contributed by atoms with Crippen LogP contribution in [0.1, 0.15) is 50.9 Å². The number of aryl methyl sites for hydroxylation is 1. The third-order valence-corrected chi connectivity index (χ3v) is 10.6. The zero-order chi connectivity index (χ0) is 27.6. The zero-order valence-corrected chi connectivity index (χ0v) is 23.0. The molecule has 2 aromatic rings. The monoisotopic (exact) mass is 542 g/mol. The Bertz CT molecular complexity index is 1450. The molecule has 11 nitrogen and oxygen atoms in total. The molecule has 1 unspecified atom stereocenters. The number of aromatic nitrogens is 4. The van der Waals surface area contributed by atoms with Gasteiger partial charge in [-0.25, -0.2) is 22.8 Å². The molecule has 3 aliphatic heterocycles. The molecule has 2 fully saturated rings. The summed E-state index contributed by atoms with van der Waals surface area (Å²) in [6, 6.07) is 3.31. The molecule has 1 amide bonds. The van der Waals surface area contributed by atoms with Gasteiger partial charge in [-0.1, -0.05) is 13.8 Å². The Balaban J connectivity index is 1.47. The van der Waals surface area contributed by atoms with E-state index in [1.54, 1.807) is 0 Å². The van der Waals surface area contributed by atoms with E-state index in [1.165, 1.54) is 11.2 Å². The summed E-state index contributed by atoms with van der Waals surface area (Å²) in [6.45, 7) is 9.85. The van der Waals surface area contributed by atoms with Crippen LogP contribution in [0.5, 0.6) is 0 Å². The lowest BCUT2D eigenvalue weighted by molar-refractivity contribution is -0.138. The lowest BCUT2D eigenvalue weighted by atomic mass is 9.87. The molecule has 0 N–H and O–H groups in total. The minimum atomic E-state index is -3.79. The molecule has 5 heterocycles. The van der Waals surface area contributed by atoms with Crippen molar-refractivity contribution < 1.29 is 17.6 Å². The molecule has 0 aliphatic carbocycles. The highest BCUT2D eigenvalue weighted by Gasteiger charge is 2.60. The second-order valence-electron chi connectivity index (χ2n) is 11.2. The molecule has 0 spiro atoms. The summed E-state index contributed by atoms with van der Waals surface area (Å²) in [6.07, 6.45) is 1.52. The molecular weight excluding hydrogens is 511 g/mol. The summed E-state index contributed by atoms with van der Waals surface area (Å²) in [5.41, 5.74) is 1.57. The fourth-order valence-electron chi connectivity index (χ4n) is 5.78. The van der Waals surface area contributed by atoms with E-state index in [4.69, 9.17) is 0 Å². The van der Waals surface area contributed by atoms with Gasteiger partial charge < -0.3 is 14.7 Å². The lowest BCUT2D eigenvalue weighted by Crippen LogP contribution is -2.68. The molecule has 0 saturated carbocycles. The maximum absolute atomic E-state index is 14.0. The van der Waals surface area contributed by atoms with Crippen molar-refractivity contribution in [3.8, 4) is 6.07 Å². The Morgan fingerprint density at radius 1 is 1.18 bits per heavy atom. The van der Waals surface area contributed by atoms with Crippen LogP contribution in [-0.4, -0.2) is 88.3 Å². The second-order valence-corrected chi connectivity index (χ2v) is 13.6. The van der Waals surface area contributed by atoms with Crippen LogP contribution in [0, 0.1) is 18.3 Å². The smallest absolute Gasteiger partial charge is 0.247 e. The number of fused-ring (bicyclic) bond motifs is 1. The average Bonchev–Trinajstić information content (AvgIpc) is 3.16. The largest absolute Gasteiger partial charge is 0.350 e. The number of amides is 1. The van der Waals surface area contributed by atoms with E-state index >= 15 is 0 Å². The van der Waals surface area contributed by atoms with E-state index in [1.807, 2.05) is 37.8 Å². The molecule has 3 aliphatic rings. The SMILES string of the molecule is Cc1cc(N2CC(C)(C)c3c2ncnc3N2C[C@@H](C)N(C(=O)C3(CF)CCS3(=O)=O)C[C@@H]2C)nnc1C#N. The number of carbonyl (C=O) groups is 1. The number of alkyl halides is 1. The van der Waals surface area contributed by atoms with Crippen LogP contribution >= 0.6 is 0 Å². The third kappa shape index (κ3) is 3.72. The van der Waals surface area contributed by atoms with E-state index in [2.05, 4.69) is 38.9 Å². The van der Waals surface area contributed by atoms with Crippen molar-refractivity contribution in [3.05, 3.63) is 29.2 Å². The van der Waals surface area contributed by atoms with E-state index in [0.717, 1.165) is 16.9 Å². The molecule has 0 bridgehead atoms. The standard InChI is InChI=1S/C25H31FN8O3S/c1-15-8-19(31-30-18(15)9-27)34-13-24(4,5)20-21(28-14-29-22(20)34)32-10-17(3)33(11-16(32)2)23(35)25(12-26)6-7-38(25,36)37/h8,14,16-17H,6-7,10-13H2,1-5H3/t16-,17+,25?/m0/s1. The van der Waals surface area contributed by atoms with Crippen LogP contribution in [0.25, 0.3) is 0 Å². The third-order valence-electron chi connectivity index (χ3n) is 8.14. The van der Waals surface area contributed by atoms with Crippen LogP contribution in [0.4, 0.5) is 21.8 Å². The van der Waals surface area contributed by atoms with Gasteiger partial charge in [0.05, 0.1) is 5.75 Å². The number of halogens is 1. The highest BCUT2D eigenvalue weighted by Crippen LogP contribution is 2.47.